The van der Waals surface area contributed by atoms with Gasteiger partial charge in [-0.1, -0.05) is 24.3 Å². The Bertz CT molecular complexity index is 509. The first-order valence-corrected chi connectivity index (χ1v) is 5.87. The van der Waals surface area contributed by atoms with E-state index >= 15 is 0 Å². The average molecular weight is 227 g/mol. The molecule has 0 saturated heterocycles. The van der Waals surface area contributed by atoms with Crippen LogP contribution in [0, 0.1) is 6.92 Å². The standard InChI is InChI=1S/C15H17NO/c1-11-6-3-4-9-14(11)16-10-13-8-5-7-12(2)15(13)17/h3-4,6,8-10,17H,5,7H2,1-2H3. The highest BCUT2D eigenvalue weighted by molar-refractivity contribution is 5.86. The van der Waals surface area contributed by atoms with Gasteiger partial charge in [0.05, 0.1) is 5.69 Å². The molecule has 0 bridgehead atoms. The fraction of sp³-hybridized carbons (Fsp3) is 0.267. The van der Waals surface area contributed by atoms with Gasteiger partial charge in [-0.25, -0.2) is 0 Å². The fourth-order valence-corrected chi connectivity index (χ4v) is 1.87. The fourth-order valence-electron chi connectivity index (χ4n) is 1.87. The average Bonchev–Trinajstić information content (AvgIpc) is 2.33. The van der Waals surface area contributed by atoms with Crippen molar-refractivity contribution >= 4 is 11.9 Å². The highest BCUT2D eigenvalue weighted by atomic mass is 16.3. The van der Waals surface area contributed by atoms with Crippen LogP contribution in [0.25, 0.3) is 0 Å². The van der Waals surface area contributed by atoms with Gasteiger partial charge in [0.1, 0.15) is 5.76 Å². The summed E-state index contributed by atoms with van der Waals surface area (Å²) >= 11 is 0. The number of nitrogens with zero attached hydrogens (tertiary/aromatic N) is 1. The number of aliphatic hydroxyl groups excluding tert-OH is 1. The molecule has 17 heavy (non-hydrogen) atoms. The lowest BCUT2D eigenvalue weighted by Crippen LogP contribution is -1.99. The number of aliphatic hydroxyl groups is 1. The molecular weight excluding hydrogens is 210 g/mol. The molecule has 2 nitrogen and oxygen atoms in total. The van der Waals surface area contributed by atoms with E-state index in [9.17, 15) is 5.11 Å². The summed E-state index contributed by atoms with van der Waals surface area (Å²) in [5.41, 5.74) is 3.96. The Morgan fingerprint density at radius 2 is 2.00 bits per heavy atom. The van der Waals surface area contributed by atoms with E-state index in [1.54, 1.807) is 6.21 Å². The first kappa shape index (κ1) is 11.6. The van der Waals surface area contributed by atoms with E-state index in [-0.39, 0.29) is 0 Å². The molecule has 1 aromatic rings. The molecule has 1 aliphatic rings. The van der Waals surface area contributed by atoms with E-state index in [0.717, 1.165) is 35.2 Å². The molecule has 88 valence electrons. The molecule has 1 N–H and O–H groups in total. The lowest BCUT2D eigenvalue weighted by atomic mass is 9.99. The molecule has 2 rings (SSSR count). The largest absolute Gasteiger partial charge is 0.507 e. The van der Waals surface area contributed by atoms with Crippen molar-refractivity contribution in [2.75, 3.05) is 0 Å². The summed E-state index contributed by atoms with van der Waals surface area (Å²) in [7, 11) is 0. The van der Waals surface area contributed by atoms with Gasteiger partial charge in [-0.3, -0.25) is 4.99 Å². The van der Waals surface area contributed by atoms with Gasteiger partial charge >= 0.3 is 0 Å². The first-order chi connectivity index (χ1) is 8.18. The minimum atomic E-state index is 0.383. The van der Waals surface area contributed by atoms with Crippen molar-refractivity contribution in [3.63, 3.8) is 0 Å². The summed E-state index contributed by atoms with van der Waals surface area (Å²) in [6, 6.07) is 7.97. The summed E-state index contributed by atoms with van der Waals surface area (Å²) in [6.07, 6.45) is 5.70. The van der Waals surface area contributed by atoms with Gasteiger partial charge in [-0.15, -0.1) is 0 Å². The predicted octanol–water partition coefficient (Wildman–Crippen LogP) is 4.25. The predicted molar refractivity (Wildman–Crippen MR) is 72.0 cm³/mol. The van der Waals surface area contributed by atoms with Crippen LogP contribution in [0.3, 0.4) is 0 Å². The van der Waals surface area contributed by atoms with Crippen molar-refractivity contribution in [1.82, 2.24) is 0 Å². The summed E-state index contributed by atoms with van der Waals surface area (Å²) < 4.78 is 0. The molecule has 0 aromatic heterocycles. The number of para-hydroxylation sites is 1. The molecule has 0 amide bonds. The molecule has 1 aromatic carbocycles. The zero-order valence-electron chi connectivity index (χ0n) is 10.3. The third-order valence-electron chi connectivity index (χ3n) is 3.02. The number of benzene rings is 1. The number of aryl methyl sites for hydroxylation is 1. The van der Waals surface area contributed by atoms with Crippen LogP contribution in [-0.2, 0) is 0 Å². The molecule has 0 radical (unpaired) electrons. The molecule has 1 aliphatic carbocycles. The zero-order valence-corrected chi connectivity index (χ0v) is 10.3. The van der Waals surface area contributed by atoms with E-state index in [0.29, 0.717) is 5.76 Å². The number of rotatable bonds is 2. The van der Waals surface area contributed by atoms with Gasteiger partial charge in [0.15, 0.2) is 0 Å². The maximum Gasteiger partial charge on any atom is 0.122 e. The lowest BCUT2D eigenvalue weighted by molar-refractivity contribution is 0.415. The second-order valence-corrected chi connectivity index (χ2v) is 4.37. The van der Waals surface area contributed by atoms with Crippen LogP contribution in [0.1, 0.15) is 25.3 Å². The second kappa shape index (κ2) is 5.00. The van der Waals surface area contributed by atoms with E-state index in [1.165, 1.54) is 0 Å². The van der Waals surface area contributed by atoms with E-state index in [1.807, 2.05) is 44.2 Å². The highest BCUT2D eigenvalue weighted by Gasteiger charge is 2.09. The van der Waals surface area contributed by atoms with Crippen LogP contribution in [0.2, 0.25) is 0 Å². The monoisotopic (exact) mass is 227 g/mol. The SMILES string of the molecule is CC1=C(O)C(C=Nc2ccccc2C)=CCC1. The summed E-state index contributed by atoms with van der Waals surface area (Å²) in [5.74, 6) is 0.383. The van der Waals surface area contributed by atoms with Crippen LogP contribution in [0.15, 0.2) is 52.2 Å². The van der Waals surface area contributed by atoms with Crippen LogP contribution < -0.4 is 0 Å². The van der Waals surface area contributed by atoms with Gasteiger partial charge in [0.2, 0.25) is 0 Å². The Hall–Kier alpha value is -1.83. The molecule has 0 unspecified atom stereocenters. The van der Waals surface area contributed by atoms with Crippen molar-refractivity contribution in [2.45, 2.75) is 26.7 Å². The van der Waals surface area contributed by atoms with E-state index in [2.05, 4.69) is 4.99 Å². The quantitative estimate of drug-likeness (QED) is 0.753. The van der Waals surface area contributed by atoms with E-state index in [4.69, 9.17) is 0 Å². The van der Waals surface area contributed by atoms with Crippen molar-refractivity contribution < 1.29 is 5.11 Å². The molecule has 0 heterocycles. The molecular formula is C15H17NO. The Labute approximate surface area is 102 Å². The summed E-state index contributed by atoms with van der Waals surface area (Å²) in [5, 5.41) is 9.90. The Morgan fingerprint density at radius 3 is 2.76 bits per heavy atom. The Balaban J connectivity index is 2.23. The highest BCUT2D eigenvalue weighted by Crippen LogP contribution is 2.23. The summed E-state index contributed by atoms with van der Waals surface area (Å²) in [6.45, 7) is 3.99. The van der Waals surface area contributed by atoms with Crippen molar-refractivity contribution in [2.24, 2.45) is 4.99 Å². The number of hydrogen-bond donors (Lipinski definition) is 1. The molecule has 2 heteroatoms. The molecule has 0 atom stereocenters. The maximum atomic E-state index is 9.90. The molecule has 0 saturated carbocycles. The van der Waals surface area contributed by atoms with Crippen LogP contribution in [0.4, 0.5) is 5.69 Å². The zero-order chi connectivity index (χ0) is 12.3. The van der Waals surface area contributed by atoms with Crippen LogP contribution in [-0.4, -0.2) is 11.3 Å². The van der Waals surface area contributed by atoms with Crippen LogP contribution >= 0.6 is 0 Å². The van der Waals surface area contributed by atoms with Gasteiger partial charge in [-0.2, -0.15) is 0 Å². The number of hydrogen-bond acceptors (Lipinski definition) is 2. The van der Waals surface area contributed by atoms with Crippen molar-refractivity contribution in [3.8, 4) is 0 Å². The topological polar surface area (TPSA) is 32.6 Å². The van der Waals surface area contributed by atoms with Gasteiger partial charge in [-0.05, 0) is 43.9 Å². The lowest BCUT2D eigenvalue weighted by Gasteiger charge is -2.11. The van der Waals surface area contributed by atoms with Gasteiger partial charge in [0.25, 0.3) is 0 Å². The Morgan fingerprint density at radius 1 is 1.24 bits per heavy atom. The minimum Gasteiger partial charge on any atom is -0.507 e. The normalized spacial score (nSPS) is 16.5. The maximum absolute atomic E-state index is 9.90. The van der Waals surface area contributed by atoms with Crippen molar-refractivity contribution in [1.29, 1.82) is 0 Å². The second-order valence-electron chi connectivity index (χ2n) is 4.37. The van der Waals surface area contributed by atoms with Crippen molar-refractivity contribution in [3.05, 3.63) is 52.8 Å². The Kier molecular flexibility index (Phi) is 3.43. The molecule has 0 spiro atoms. The van der Waals surface area contributed by atoms with Crippen LogP contribution in [0.5, 0.6) is 0 Å². The third-order valence-corrected chi connectivity index (χ3v) is 3.02. The molecule has 0 aliphatic heterocycles. The third kappa shape index (κ3) is 2.64. The summed E-state index contributed by atoms with van der Waals surface area (Å²) in [4.78, 5) is 4.43. The smallest absolute Gasteiger partial charge is 0.122 e. The molecule has 0 fully saturated rings. The first-order valence-electron chi connectivity index (χ1n) is 5.87. The van der Waals surface area contributed by atoms with Gasteiger partial charge < -0.3 is 5.11 Å². The van der Waals surface area contributed by atoms with Gasteiger partial charge in [0, 0.05) is 11.8 Å². The number of allylic oxidation sites excluding steroid dienone is 3. The number of aliphatic imine (C=N–C) groups is 1. The van der Waals surface area contributed by atoms with E-state index < -0.39 is 0 Å². The minimum absolute atomic E-state index is 0.383.